The van der Waals surface area contributed by atoms with Gasteiger partial charge in [-0.1, -0.05) is 33.1 Å². The second-order valence-corrected chi connectivity index (χ2v) is 5.13. The van der Waals surface area contributed by atoms with E-state index in [4.69, 9.17) is 4.74 Å². The monoisotopic (exact) mass is 197 g/mol. The van der Waals surface area contributed by atoms with Crippen molar-refractivity contribution in [2.75, 3.05) is 6.61 Å². The first-order valence-corrected chi connectivity index (χ1v) is 6.15. The molecule has 0 aromatic carbocycles. The number of morpholine rings is 1. The second-order valence-electron chi connectivity index (χ2n) is 5.13. The molecule has 1 aliphatic carbocycles. The summed E-state index contributed by atoms with van der Waals surface area (Å²) in [5, 5.41) is 3.77. The lowest BCUT2D eigenvalue weighted by Gasteiger charge is -2.38. The Morgan fingerprint density at radius 1 is 1.14 bits per heavy atom. The molecule has 0 aromatic heterocycles. The van der Waals surface area contributed by atoms with Gasteiger partial charge in [-0.2, -0.15) is 0 Å². The normalized spacial score (nSPS) is 39.2. The number of rotatable bonds is 1. The van der Waals surface area contributed by atoms with E-state index in [-0.39, 0.29) is 0 Å². The molecule has 2 aliphatic rings. The Morgan fingerprint density at radius 2 is 1.93 bits per heavy atom. The Bertz CT molecular complexity index is 181. The fourth-order valence-electron chi connectivity index (χ4n) is 2.60. The average molecular weight is 197 g/mol. The van der Waals surface area contributed by atoms with E-state index in [2.05, 4.69) is 19.2 Å². The largest absolute Gasteiger partial charge is 0.375 e. The van der Waals surface area contributed by atoms with Crippen molar-refractivity contribution in [1.29, 1.82) is 0 Å². The first-order valence-electron chi connectivity index (χ1n) is 6.15. The molecule has 1 saturated carbocycles. The molecule has 0 aromatic rings. The van der Waals surface area contributed by atoms with E-state index < -0.39 is 0 Å². The number of hydrogen-bond donors (Lipinski definition) is 1. The van der Waals surface area contributed by atoms with E-state index in [9.17, 15) is 0 Å². The molecule has 2 fully saturated rings. The lowest BCUT2D eigenvalue weighted by atomic mass is 9.97. The van der Waals surface area contributed by atoms with Crippen LogP contribution in [-0.4, -0.2) is 24.8 Å². The van der Waals surface area contributed by atoms with Crippen LogP contribution in [0.1, 0.15) is 46.0 Å². The van der Waals surface area contributed by atoms with Gasteiger partial charge in [0.25, 0.3) is 0 Å². The molecule has 82 valence electrons. The fourth-order valence-corrected chi connectivity index (χ4v) is 2.60. The summed E-state index contributed by atoms with van der Waals surface area (Å²) in [7, 11) is 0. The minimum Gasteiger partial charge on any atom is -0.375 e. The molecule has 14 heavy (non-hydrogen) atoms. The Balaban J connectivity index is 1.93. The smallest absolute Gasteiger partial charge is 0.0728 e. The Hall–Kier alpha value is -0.0800. The van der Waals surface area contributed by atoms with Gasteiger partial charge in [0.2, 0.25) is 0 Å². The third kappa shape index (κ3) is 2.29. The van der Waals surface area contributed by atoms with Gasteiger partial charge in [-0.25, -0.2) is 0 Å². The molecule has 0 radical (unpaired) electrons. The lowest BCUT2D eigenvalue weighted by molar-refractivity contribution is -0.0393. The first kappa shape index (κ1) is 10.4. The van der Waals surface area contributed by atoms with Crippen molar-refractivity contribution in [3.8, 4) is 0 Å². The zero-order valence-electron chi connectivity index (χ0n) is 9.46. The summed E-state index contributed by atoms with van der Waals surface area (Å²) >= 11 is 0. The summed E-state index contributed by atoms with van der Waals surface area (Å²) in [5.74, 6) is 0.694. The van der Waals surface area contributed by atoms with Crippen molar-refractivity contribution in [3.63, 3.8) is 0 Å². The fraction of sp³-hybridized carbons (Fsp3) is 1.00. The van der Waals surface area contributed by atoms with Crippen molar-refractivity contribution in [3.05, 3.63) is 0 Å². The second kappa shape index (κ2) is 4.63. The molecule has 0 spiro atoms. The van der Waals surface area contributed by atoms with Crippen LogP contribution >= 0.6 is 0 Å². The van der Waals surface area contributed by atoms with Crippen molar-refractivity contribution >= 4 is 0 Å². The molecule has 0 bridgehead atoms. The van der Waals surface area contributed by atoms with Crippen molar-refractivity contribution in [2.24, 2.45) is 5.92 Å². The van der Waals surface area contributed by atoms with E-state index in [1.807, 2.05) is 0 Å². The highest BCUT2D eigenvalue weighted by Gasteiger charge is 2.32. The van der Waals surface area contributed by atoms with E-state index in [1.54, 1.807) is 0 Å². The molecular formula is C12H23NO. The number of hydrogen-bond acceptors (Lipinski definition) is 2. The van der Waals surface area contributed by atoms with Crippen LogP contribution in [0, 0.1) is 5.92 Å². The van der Waals surface area contributed by atoms with Gasteiger partial charge in [0, 0.05) is 12.1 Å². The van der Waals surface area contributed by atoms with Crippen LogP contribution in [0.15, 0.2) is 0 Å². The molecule has 0 amide bonds. The van der Waals surface area contributed by atoms with Gasteiger partial charge in [-0.15, -0.1) is 0 Å². The number of fused-ring (bicyclic) bond motifs is 1. The standard InChI is InChI=1S/C12H23NO/c1-9(2)11-8-14-12-7-5-3-4-6-10(12)13-11/h9-13H,3-8H2,1-2H3. The molecule has 2 heteroatoms. The third-order valence-corrected chi connectivity index (χ3v) is 3.68. The van der Waals surface area contributed by atoms with Gasteiger partial charge < -0.3 is 10.1 Å². The maximum atomic E-state index is 5.97. The van der Waals surface area contributed by atoms with Gasteiger partial charge in [0.1, 0.15) is 0 Å². The zero-order chi connectivity index (χ0) is 9.97. The number of nitrogens with one attached hydrogen (secondary N) is 1. The zero-order valence-corrected chi connectivity index (χ0v) is 9.46. The minimum absolute atomic E-state index is 0.507. The molecule has 2 rings (SSSR count). The summed E-state index contributed by atoms with van der Waals surface area (Å²) in [4.78, 5) is 0. The molecule has 1 aliphatic heterocycles. The maximum Gasteiger partial charge on any atom is 0.0728 e. The average Bonchev–Trinajstić information content (AvgIpc) is 2.41. The summed E-state index contributed by atoms with van der Waals surface area (Å²) < 4.78 is 5.97. The molecular weight excluding hydrogens is 174 g/mol. The minimum atomic E-state index is 0.507. The van der Waals surface area contributed by atoms with Crippen molar-refractivity contribution in [1.82, 2.24) is 5.32 Å². The van der Waals surface area contributed by atoms with Crippen LogP contribution in [0.3, 0.4) is 0 Å². The molecule has 1 N–H and O–H groups in total. The molecule has 3 atom stereocenters. The van der Waals surface area contributed by atoms with Crippen LogP contribution in [0.25, 0.3) is 0 Å². The van der Waals surface area contributed by atoms with E-state index >= 15 is 0 Å². The molecule has 2 nitrogen and oxygen atoms in total. The maximum absolute atomic E-state index is 5.97. The number of ether oxygens (including phenoxy) is 1. The topological polar surface area (TPSA) is 21.3 Å². The first-order chi connectivity index (χ1) is 6.77. The van der Waals surface area contributed by atoms with Gasteiger partial charge >= 0.3 is 0 Å². The summed E-state index contributed by atoms with van der Waals surface area (Å²) in [5.41, 5.74) is 0. The third-order valence-electron chi connectivity index (χ3n) is 3.68. The molecule has 1 heterocycles. The quantitative estimate of drug-likeness (QED) is 0.696. The van der Waals surface area contributed by atoms with Crippen molar-refractivity contribution in [2.45, 2.75) is 64.1 Å². The lowest BCUT2D eigenvalue weighted by Crippen LogP contribution is -2.55. The molecule has 1 saturated heterocycles. The predicted octanol–water partition coefficient (Wildman–Crippen LogP) is 2.33. The van der Waals surface area contributed by atoms with Crippen LogP contribution in [0.5, 0.6) is 0 Å². The van der Waals surface area contributed by atoms with Crippen LogP contribution < -0.4 is 5.32 Å². The Morgan fingerprint density at radius 3 is 2.71 bits per heavy atom. The summed E-state index contributed by atoms with van der Waals surface area (Å²) in [6.45, 7) is 5.47. The predicted molar refractivity (Wildman–Crippen MR) is 58.4 cm³/mol. The van der Waals surface area contributed by atoms with Crippen LogP contribution in [0.2, 0.25) is 0 Å². The van der Waals surface area contributed by atoms with Crippen molar-refractivity contribution < 1.29 is 4.74 Å². The highest BCUT2D eigenvalue weighted by atomic mass is 16.5. The van der Waals surface area contributed by atoms with Gasteiger partial charge in [-0.05, 0) is 18.8 Å². The van der Waals surface area contributed by atoms with E-state index in [0.29, 0.717) is 24.1 Å². The summed E-state index contributed by atoms with van der Waals surface area (Å²) in [6, 6.07) is 1.22. The Kier molecular flexibility index (Phi) is 3.45. The van der Waals surface area contributed by atoms with E-state index in [0.717, 1.165) is 6.61 Å². The Labute approximate surface area is 87.4 Å². The highest BCUT2D eigenvalue weighted by Crippen LogP contribution is 2.25. The van der Waals surface area contributed by atoms with Crippen LogP contribution in [0.4, 0.5) is 0 Å². The van der Waals surface area contributed by atoms with Gasteiger partial charge in [0.15, 0.2) is 0 Å². The van der Waals surface area contributed by atoms with Gasteiger partial charge in [-0.3, -0.25) is 0 Å². The SMILES string of the molecule is CC(C)C1COC2CCCCCC2N1. The van der Waals surface area contributed by atoms with E-state index in [1.165, 1.54) is 32.1 Å². The van der Waals surface area contributed by atoms with Crippen LogP contribution in [-0.2, 0) is 4.74 Å². The summed E-state index contributed by atoms with van der Waals surface area (Å²) in [6.07, 6.45) is 7.21. The molecule has 3 unspecified atom stereocenters. The highest BCUT2D eigenvalue weighted by molar-refractivity contribution is 4.88. The van der Waals surface area contributed by atoms with Gasteiger partial charge in [0.05, 0.1) is 12.7 Å².